The van der Waals surface area contributed by atoms with Gasteiger partial charge in [0.2, 0.25) is 0 Å². The molecular weight excluding hydrogens is 705 g/mol. The van der Waals surface area contributed by atoms with Crippen molar-refractivity contribution in [1.29, 1.82) is 0 Å². The minimum absolute atomic E-state index is 0.188. The SMILES string of the molecule is C#CC(=C)/C=C\CC#CC/C=C\CC#CC1(OC(C)=O)CCC(/C(C=C)=C/C=C(\C)OC(=O)C2CCC(C(=O)OC(C)(C)CC(C)(C)OC(=O)CC)CC2)CC1. The Morgan fingerprint density at radius 1 is 0.786 bits per heavy atom. The second kappa shape index (κ2) is 23.2. The van der Waals surface area contributed by atoms with E-state index in [9.17, 15) is 19.2 Å². The summed E-state index contributed by atoms with van der Waals surface area (Å²) < 4.78 is 22.9. The van der Waals surface area contributed by atoms with Gasteiger partial charge in [0.05, 0.1) is 11.8 Å². The molecule has 2 aliphatic rings. The van der Waals surface area contributed by atoms with Crippen molar-refractivity contribution in [1.82, 2.24) is 0 Å². The van der Waals surface area contributed by atoms with E-state index in [4.69, 9.17) is 25.4 Å². The third-order valence-electron chi connectivity index (χ3n) is 9.68. The van der Waals surface area contributed by atoms with E-state index < -0.39 is 16.8 Å². The molecule has 0 aromatic heterocycles. The van der Waals surface area contributed by atoms with E-state index in [0.717, 1.165) is 18.4 Å². The van der Waals surface area contributed by atoms with Crippen LogP contribution in [0.4, 0.5) is 0 Å². The molecule has 8 nitrogen and oxygen atoms in total. The molecule has 0 spiro atoms. The number of carbonyl (C=O) groups is 4. The van der Waals surface area contributed by atoms with Crippen LogP contribution < -0.4 is 0 Å². The first-order chi connectivity index (χ1) is 26.4. The van der Waals surface area contributed by atoms with Crippen molar-refractivity contribution in [2.45, 2.75) is 149 Å². The molecule has 0 aromatic rings. The summed E-state index contributed by atoms with van der Waals surface area (Å²) in [5, 5.41) is 0. The van der Waals surface area contributed by atoms with Gasteiger partial charge in [-0.25, -0.2) is 0 Å². The lowest BCUT2D eigenvalue weighted by Crippen LogP contribution is -2.41. The molecule has 2 saturated carbocycles. The maximum absolute atomic E-state index is 13.1. The third kappa shape index (κ3) is 17.6. The summed E-state index contributed by atoms with van der Waals surface area (Å²) in [6, 6.07) is 0. The summed E-state index contributed by atoms with van der Waals surface area (Å²) in [6.45, 7) is 19.9. The number of esters is 4. The van der Waals surface area contributed by atoms with Crippen LogP contribution in [0.25, 0.3) is 0 Å². The molecule has 0 aromatic carbocycles. The quantitative estimate of drug-likeness (QED) is 0.0382. The summed E-state index contributed by atoms with van der Waals surface area (Å²) in [5.74, 6) is 13.8. The van der Waals surface area contributed by atoms with Crippen LogP contribution in [-0.2, 0) is 38.1 Å². The molecule has 0 amide bonds. The van der Waals surface area contributed by atoms with E-state index in [-0.39, 0.29) is 48.1 Å². The molecule has 0 N–H and O–H groups in total. The second-order valence-electron chi connectivity index (χ2n) is 15.7. The van der Waals surface area contributed by atoms with Gasteiger partial charge in [-0.05, 0) is 104 Å². The third-order valence-corrected chi connectivity index (χ3v) is 9.68. The molecule has 0 bridgehead atoms. The van der Waals surface area contributed by atoms with Crippen molar-refractivity contribution in [3.8, 4) is 36.0 Å². The van der Waals surface area contributed by atoms with Gasteiger partial charge in [0, 0.05) is 44.6 Å². The maximum Gasteiger partial charge on any atom is 0.313 e. The first-order valence-electron chi connectivity index (χ1n) is 19.7. The summed E-state index contributed by atoms with van der Waals surface area (Å²) in [4.78, 5) is 50.0. The molecule has 0 atom stereocenters. The van der Waals surface area contributed by atoms with Crippen LogP contribution in [0.1, 0.15) is 132 Å². The van der Waals surface area contributed by atoms with Crippen LogP contribution in [0.3, 0.4) is 0 Å². The predicted octanol–water partition coefficient (Wildman–Crippen LogP) is 9.77. The molecule has 0 unspecified atom stereocenters. The lowest BCUT2D eigenvalue weighted by Gasteiger charge is -2.36. The van der Waals surface area contributed by atoms with E-state index in [2.05, 4.69) is 42.8 Å². The second-order valence-corrected chi connectivity index (χ2v) is 15.7. The van der Waals surface area contributed by atoms with Gasteiger partial charge in [-0.15, -0.1) is 6.42 Å². The normalized spacial score (nSPS) is 21.7. The number of rotatable bonds is 16. The highest BCUT2D eigenvalue weighted by Crippen LogP contribution is 2.39. The van der Waals surface area contributed by atoms with Crippen LogP contribution in [-0.4, -0.2) is 40.7 Å². The minimum atomic E-state index is -0.827. The predicted molar refractivity (Wildman–Crippen MR) is 221 cm³/mol. The van der Waals surface area contributed by atoms with Crippen molar-refractivity contribution < 1.29 is 38.1 Å². The average molecular weight is 767 g/mol. The smallest absolute Gasteiger partial charge is 0.313 e. The monoisotopic (exact) mass is 766 g/mol. The highest BCUT2D eigenvalue weighted by Gasteiger charge is 2.39. The van der Waals surface area contributed by atoms with Gasteiger partial charge >= 0.3 is 23.9 Å². The van der Waals surface area contributed by atoms with E-state index >= 15 is 0 Å². The molecule has 302 valence electrons. The van der Waals surface area contributed by atoms with E-state index in [1.54, 1.807) is 26.0 Å². The van der Waals surface area contributed by atoms with Gasteiger partial charge in [-0.1, -0.05) is 86.1 Å². The first-order valence-corrected chi connectivity index (χ1v) is 19.7. The Balaban J connectivity index is 1.89. The van der Waals surface area contributed by atoms with E-state index in [0.29, 0.717) is 75.5 Å². The van der Waals surface area contributed by atoms with Crippen molar-refractivity contribution in [2.24, 2.45) is 17.8 Å². The number of terminal acetylenes is 1. The fraction of sp³-hybridized carbons (Fsp3) is 0.542. The number of carbonyl (C=O) groups excluding carboxylic acids is 4. The fourth-order valence-electron chi connectivity index (χ4n) is 7.15. The molecular formula is C48H62O8. The first kappa shape index (κ1) is 47.2. The topological polar surface area (TPSA) is 105 Å². The zero-order valence-corrected chi connectivity index (χ0v) is 34.7. The lowest BCUT2D eigenvalue weighted by molar-refractivity contribution is -0.174. The molecule has 0 radical (unpaired) electrons. The molecule has 2 aliphatic carbocycles. The van der Waals surface area contributed by atoms with Gasteiger partial charge in [-0.3, -0.25) is 19.2 Å². The maximum atomic E-state index is 13.1. The van der Waals surface area contributed by atoms with Crippen molar-refractivity contribution >= 4 is 23.9 Å². The standard InChI is InChI=1S/C48H62O8/c1-11-36(4)23-21-19-17-15-14-16-18-20-22-32-48(54-38(6)49)33-30-40(31-34-48)39(12-2)25-24-37(5)53-44(51)41-26-28-42(29-27-41)45(52)56-47(9,10)35-46(7,8)55-43(50)13-3/h1,12,16,18,21,23-25,40-42H,2,4,13-14,19-20,26-31,33-35H2,3,5-10H3/b18-16-,23-21-,37-24+,39-25+. The Kier molecular flexibility index (Phi) is 19.5. The zero-order chi connectivity index (χ0) is 41.8. The molecule has 2 rings (SSSR count). The fourth-order valence-corrected chi connectivity index (χ4v) is 7.15. The molecule has 56 heavy (non-hydrogen) atoms. The molecule has 2 fully saturated rings. The summed E-state index contributed by atoms with van der Waals surface area (Å²) in [6.07, 6.45) is 25.6. The van der Waals surface area contributed by atoms with Gasteiger partial charge in [0.1, 0.15) is 17.0 Å². The van der Waals surface area contributed by atoms with E-state index in [1.807, 2.05) is 58.1 Å². The van der Waals surface area contributed by atoms with Crippen molar-refractivity contribution in [3.05, 3.63) is 72.6 Å². The number of hydrogen-bond acceptors (Lipinski definition) is 8. The molecule has 8 heteroatoms. The van der Waals surface area contributed by atoms with Gasteiger partial charge < -0.3 is 18.9 Å². The zero-order valence-electron chi connectivity index (χ0n) is 34.7. The lowest BCUT2D eigenvalue weighted by atomic mass is 9.75. The Morgan fingerprint density at radius 2 is 1.34 bits per heavy atom. The Labute approximate surface area is 336 Å². The van der Waals surface area contributed by atoms with Crippen LogP contribution in [0.15, 0.2) is 72.6 Å². The van der Waals surface area contributed by atoms with Crippen LogP contribution in [0, 0.1) is 53.8 Å². The van der Waals surface area contributed by atoms with Gasteiger partial charge in [0.15, 0.2) is 5.60 Å². The van der Waals surface area contributed by atoms with Crippen LogP contribution in [0.5, 0.6) is 0 Å². The number of allylic oxidation sites excluding steroid dienone is 10. The highest BCUT2D eigenvalue weighted by molar-refractivity contribution is 5.76. The highest BCUT2D eigenvalue weighted by atomic mass is 16.6. The average Bonchev–Trinajstić information content (AvgIpc) is 3.13. The number of ether oxygens (including phenoxy) is 4. The molecule has 0 saturated heterocycles. The summed E-state index contributed by atoms with van der Waals surface area (Å²) in [7, 11) is 0. The largest absolute Gasteiger partial charge is 0.459 e. The van der Waals surface area contributed by atoms with Crippen LogP contribution in [0.2, 0.25) is 0 Å². The molecule has 0 aliphatic heterocycles. The minimum Gasteiger partial charge on any atom is -0.459 e. The summed E-state index contributed by atoms with van der Waals surface area (Å²) >= 11 is 0. The van der Waals surface area contributed by atoms with E-state index in [1.165, 1.54) is 6.92 Å². The Hall–Kier alpha value is -5.00. The Morgan fingerprint density at radius 3 is 1.89 bits per heavy atom. The van der Waals surface area contributed by atoms with Crippen LogP contribution >= 0.6 is 0 Å². The van der Waals surface area contributed by atoms with Crippen molar-refractivity contribution in [3.63, 3.8) is 0 Å². The summed E-state index contributed by atoms with van der Waals surface area (Å²) in [5.41, 5.74) is -0.791. The van der Waals surface area contributed by atoms with Gasteiger partial charge in [0.25, 0.3) is 0 Å². The molecule has 0 heterocycles. The van der Waals surface area contributed by atoms with Crippen molar-refractivity contribution in [2.75, 3.05) is 0 Å². The van der Waals surface area contributed by atoms with Gasteiger partial charge in [-0.2, -0.15) is 0 Å². The number of hydrogen-bond donors (Lipinski definition) is 0. The Bertz CT molecular complexity index is 1700.